The van der Waals surface area contributed by atoms with Crippen LogP contribution in [0.1, 0.15) is 32.3 Å². The first kappa shape index (κ1) is 18.3. The van der Waals surface area contributed by atoms with E-state index in [1.807, 2.05) is 0 Å². The minimum atomic E-state index is 0.190. The number of benzene rings is 1. The van der Waals surface area contributed by atoms with Crippen molar-refractivity contribution in [1.82, 2.24) is 4.90 Å². The first-order chi connectivity index (χ1) is 9.97. The van der Waals surface area contributed by atoms with Crippen molar-refractivity contribution in [2.24, 2.45) is 5.73 Å². The van der Waals surface area contributed by atoms with E-state index in [9.17, 15) is 0 Å². The third-order valence-electron chi connectivity index (χ3n) is 3.82. The van der Waals surface area contributed by atoms with Crippen molar-refractivity contribution in [3.8, 4) is 0 Å². The van der Waals surface area contributed by atoms with Crippen LogP contribution in [0.2, 0.25) is 5.02 Å². The molecule has 0 saturated carbocycles. The minimum absolute atomic E-state index is 0.190. The Morgan fingerprint density at radius 2 is 1.90 bits per heavy atom. The summed E-state index contributed by atoms with van der Waals surface area (Å²) in [6, 6.07) is 6.57. The van der Waals surface area contributed by atoms with E-state index in [4.69, 9.17) is 17.3 Å². The Kier molecular flexibility index (Phi) is 8.09. The molecule has 3 nitrogen and oxygen atoms in total. The molecule has 0 spiro atoms. The van der Waals surface area contributed by atoms with Gasteiger partial charge in [-0.05, 0) is 64.5 Å². The second-order valence-corrected chi connectivity index (χ2v) is 6.29. The lowest BCUT2D eigenvalue weighted by Gasteiger charge is -2.25. The standard InChI is InChI=1S/C17H30ClN3/c1-5-15(19)12-14-8-9-16(13-17(14)18)21(6-2)11-7-10-20(3)4/h8-9,13,15H,5-7,10-12,19H2,1-4H3. The smallest absolute Gasteiger partial charge is 0.0459 e. The van der Waals surface area contributed by atoms with E-state index in [1.165, 1.54) is 5.69 Å². The second kappa shape index (κ2) is 9.29. The normalized spacial score (nSPS) is 12.7. The SMILES string of the molecule is CCC(N)Cc1ccc(N(CC)CCCN(C)C)cc1Cl. The zero-order chi connectivity index (χ0) is 15.8. The lowest BCUT2D eigenvalue weighted by molar-refractivity contribution is 0.400. The van der Waals surface area contributed by atoms with Gasteiger partial charge in [0.25, 0.3) is 0 Å². The van der Waals surface area contributed by atoms with Crippen LogP contribution in [0.4, 0.5) is 5.69 Å². The van der Waals surface area contributed by atoms with Crippen molar-refractivity contribution in [2.45, 2.75) is 39.2 Å². The fourth-order valence-corrected chi connectivity index (χ4v) is 2.62. The molecule has 0 bridgehead atoms. The minimum Gasteiger partial charge on any atom is -0.372 e. The molecule has 2 N–H and O–H groups in total. The van der Waals surface area contributed by atoms with E-state index in [-0.39, 0.29) is 6.04 Å². The molecule has 0 fully saturated rings. The van der Waals surface area contributed by atoms with Gasteiger partial charge in [-0.2, -0.15) is 0 Å². The Labute approximate surface area is 135 Å². The maximum Gasteiger partial charge on any atom is 0.0459 e. The number of hydrogen-bond acceptors (Lipinski definition) is 3. The third-order valence-corrected chi connectivity index (χ3v) is 4.18. The largest absolute Gasteiger partial charge is 0.372 e. The average Bonchev–Trinajstić information content (AvgIpc) is 2.45. The van der Waals surface area contributed by atoms with Gasteiger partial charge in [0.15, 0.2) is 0 Å². The van der Waals surface area contributed by atoms with E-state index in [2.05, 4.69) is 55.9 Å². The Bertz CT molecular complexity index is 420. The van der Waals surface area contributed by atoms with E-state index in [0.29, 0.717) is 0 Å². The van der Waals surface area contributed by atoms with Gasteiger partial charge in [-0.1, -0.05) is 24.6 Å². The van der Waals surface area contributed by atoms with Crippen LogP contribution < -0.4 is 10.6 Å². The molecule has 0 aliphatic rings. The lowest BCUT2D eigenvalue weighted by atomic mass is 10.0. The molecule has 0 aromatic heterocycles. The highest BCUT2D eigenvalue weighted by molar-refractivity contribution is 6.31. The van der Waals surface area contributed by atoms with E-state index in [0.717, 1.165) is 49.5 Å². The van der Waals surface area contributed by atoms with Crippen molar-refractivity contribution in [1.29, 1.82) is 0 Å². The van der Waals surface area contributed by atoms with Gasteiger partial charge in [-0.25, -0.2) is 0 Å². The summed E-state index contributed by atoms with van der Waals surface area (Å²) in [5.41, 5.74) is 8.37. The zero-order valence-corrected chi connectivity index (χ0v) is 14.7. The van der Waals surface area contributed by atoms with Crippen molar-refractivity contribution < 1.29 is 0 Å². The first-order valence-corrected chi connectivity index (χ1v) is 8.29. The van der Waals surface area contributed by atoms with Crippen LogP contribution in [0.3, 0.4) is 0 Å². The van der Waals surface area contributed by atoms with Crippen LogP contribution >= 0.6 is 11.6 Å². The number of nitrogens with two attached hydrogens (primary N) is 1. The molecule has 1 atom stereocenters. The van der Waals surface area contributed by atoms with Crippen LogP contribution in [0.25, 0.3) is 0 Å². The highest BCUT2D eigenvalue weighted by Crippen LogP contribution is 2.25. The summed E-state index contributed by atoms with van der Waals surface area (Å²) < 4.78 is 0. The van der Waals surface area contributed by atoms with Gasteiger partial charge < -0.3 is 15.5 Å². The number of hydrogen-bond donors (Lipinski definition) is 1. The van der Waals surface area contributed by atoms with E-state index in [1.54, 1.807) is 0 Å². The summed E-state index contributed by atoms with van der Waals surface area (Å²) in [6.07, 6.45) is 2.98. The summed E-state index contributed by atoms with van der Waals surface area (Å²) >= 11 is 6.43. The Morgan fingerprint density at radius 1 is 1.19 bits per heavy atom. The predicted octanol–water partition coefficient (Wildman–Crippen LogP) is 3.40. The molecule has 120 valence electrons. The van der Waals surface area contributed by atoms with Gasteiger partial charge in [0.05, 0.1) is 0 Å². The number of rotatable bonds is 9. The molecular formula is C17H30ClN3. The summed E-state index contributed by atoms with van der Waals surface area (Å²) in [6.45, 7) is 7.45. The molecule has 1 unspecified atom stereocenters. The highest BCUT2D eigenvalue weighted by Gasteiger charge is 2.10. The molecule has 21 heavy (non-hydrogen) atoms. The number of nitrogens with zero attached hydrogens (tertiary/aromatic N) is 2. The van der Waals surface area contributed by atoms with Gasteiger partial charge in [0.2, 0.25) is 0 Å². The monoisotopic (exact) mass is 311 g/mol. The van der Waals surface area contributed by atoms with Crippen LogP contribution in [-0.2, 0) is 6.42 Å². The van der Waals surface area contributed by atoms with Gasteiger partial charge in [0.1, 0.15) is 0 Å². The maximum absolute atomic E-state index is 6.43. The topological polar surface area (TPSA) is 32.5 Å². The molecule has 0 aliphatic heterocycles. The Morgan fingerprint density at radius 3 is 2.43 bits per heavy atom. The van der Waals surface area contributed by atoms with Gasteiger partial charge in [0, 0.05) is 29.8 Å². The van der Waals surface area contributed by atoms with Crippen molar-refractivity contribution in [2.75, 3.05) is 38.6 Å². The van der Waals surface area contributed by atoms with Crippen LogP contribution in [0, 0.1) is 0 Å². The maximum atomic E-state index is 6.43. The fraction of sp³-hybridized carbons (Fsp3) is 0.647. The molecule has 0 aliphatic carbocycles. The van der Waals surface area contributed by atoms with Crippen molar-refractivity contribution in [3.63, 3.8) is 0 Å². The molecule has 0 radical (unpaired) electrons. The molecule has 0 heterocycles. The first-order valence-electron chi connectivity index (χ1n) is 7.91. The van der Waals surface area contributed by atoms with Crippen LogP contribution in [0.15, 0.2) is 18.2 Å². The second-order valence-electron chi connectivity index (χ2n) is 5.88. The summed E-state index contributed by atoms with van der Waals surface area (Å²) in [7, 11) is 4.22. The van der Waals surface area contributed by atoms with E-state index >= 15 is 0 Å². The van der Waals surface area contributed by atoms with Crippen molar-refractivity contribution in [3.05, 3.63) is 28.8 Å². The Balaban J connectivity index is 2.70. The lowest BCUT2D eigenvalue weighted by Crippen LogP contribution is -2.27. The van der Waals surface area contributed by atoms with Gasteiger partial charge in [-0.3, -0.25) is 0 Å². The molecule has 1 rings (SSSR count). The molecular weight excluding hydrogens is 282 g/mol. The summed E-state index contributed by atoms with van der Waals surface area (Å²) in [4.78, 5) is 4.59. The number of anilines is 1. The third kappa shape index (κ3) is 6.25. The quantitative estimate of drug-likeness (QED) is 0.758. The molecule has 0 amide bonds. The predicted molar refractivity (Wildman–Crippen MR) is 94.5 cm³/mol. The van der Waals surface area contributed by atoms with E-state index < -0.39 is 0 Å². The van der Waals surface area contributed by atoms with Gasteiger partial charge in [-0.15, -0.1) is 0 Å². The van der Waals surface area contributed by atoms with Crippen LogP contribution in [-0.4, -0.2) is 44.7 Å². The summed E-state index contributed by atoms with van der Waals surface area (Å²) in [5, 5.41) is 0.836. The molecule has 1 aromatic carbocycles. The van der Waals surface area contributed by atoms with Crippen LogP contribution in [0.5, 0.6) is 0 Å². The van der Waals surface area contributed by atoms with Gasteiger partial charge >= 0.3 is 0 Å². The number of halogens is 1. The summed E-state index contributed by atoms with van der Waals surface area (Å²) in [5.74, 6) is 0. The van der Waals surface area contributed by atoms with Crippen molar-refractivity contribution >= 4 is 17.3 Å². The zero-order valence-electron chi connectivity index (χ0n) is 13.9. The molecule has 1 aromatic rings. The Hall–Kier alpha value is -0.770. The molecule has 0 saturated heterocycles. The fourth-order valence-electron chi connectivity index (χ4n) is 2.37. The average molecular weight is 312 g/mol. The molecule has 4 heteroatoms. The highest BCUT2D eigenvalue weighted by atomic mass is 35.5.